The topological polar surface area (TPSA) is 119 Å². The third-order valence-corrected chi connectivity index (χ3v) is 6.34. The number of anilines is 1. The Morgan fingerprint density at radius 2 is 2.12 bits per heavy atom. The predicted molar refractivity (Wildman–Crippen MR) is 129 cm³/mol. The zero-order chi connectivity index (χ0) is 23.7. The van der Waals surface area contributed by atoms with Gasteiger partial charge in [-0.25, -0.2) is 14.8 Å². The number of pyridine rings is 1. The molecule has 174 valence electrons. The van der Waals surface area contributed by atoms with Gasteiger partial charge in [-0.1, -0.05) is 23.7 Å². The number of rotatable bonds is 5. The molecule has 0 bridgehead atoms. The number of likely N-dealkylation sites (tertiary alicyclic amines) is 1. The molecular formula is C24H23ClN6O3. The van der Waals surface area contributed by atoms with Crippen molar-refractivity contribution >= 4 is 34.5 Å². The number of hydrogen-bond donors (Lipinski definition) is 2. The molecule has 34 heavy (non-hydrogen) atoms. The van der Waals surface area contributed by atoms with Crippen molar-refractivity contribution in [2.24, 2.45) is 0 Å². The second kappa shape index (κ2) is 9.18. The average molecular weight is 479 g/mol. The van der Waals surface area contributed by atoms with Crippen molar-refractivity contribution in [2.75, 3.05) is 18.8 Å². The van der Waals surface area contributed by atoms with Crippen molar-refractivity contribution in [1.29, 1.82) is 0 Å². The Bertz CT molecular complexity index is 1340. The zero-order valence-electron chi connectivity index (χ0n) is 18.3. The van der Waals surface area contributed by atoms with Crippen LogP contribution in [-0.2, 0) is 6.61 Å². The third kappa shape index (κ3) is 4.22. The Labute approximate surface area is 200 Å². The quantitative estimate of drug-likeness (QED) is 0.429. The average Bonchev–Trinajstić information content (AvgIpc) is 3.25. The van der Waals surface area contributed by atoms with Crippen LogP contribution in [0.2, 0.25) is 5.02 Å². The number of halogens is 1. The lowest BCUT2D eigenvalue weighted by Crippen LogP contribution is -2.39. The van der Waals surface area contributed by atoms with Crippen LogP contribution in [0, 0.1) is 0 Å². The van der Waals surface area contributed by atoms with Gasteiger partial charge in [0.2, 0.25) is 0 Å². The molecule has 9 nitrogen and oxygen atoms in total. The maximum absolute atomic E-state index is 11.5. The molecule has 1 fully saturated rings. The number of ether oxygens (including phenoxy) is 1. The summed E-state index contributed by atoms with van der Waals surface area (Å²) < 4.78 is 7.86. The van der Waals surface area contributed by atoms with Gasteiger partial charge >= 0.3 is 6.09 Å². The van der Waals surface area contributed by atoms with Crippen LogP contribution in [0.3, 0.4) is 0 Å². The van der Waals surface area contributed by atoms with Crippen molar-refractivity contribution in [3.63, 3.8) is 0 Å². The van der Waals surface area contributed by atoms with E-state index in [2.05, 4.69) is 15.0 Å². The Hall–Kier alpha value is -3.85. The van der Waals surface area contributed by atoms with Crippen LogP contribution in [0.15, 0.2) is 55.1 Å². The first-order chi connectivity index (χ1) is 16.5. The van der Waals surface area contributed by atoms with Crippen LogP contribution in [0.1, 0.15) is 24.6 Å². The van der Waals surface area contributed by atoms with Gasteiger partial charge < -0.3 is 25.0 Å². The summed E-state index contributed by atoms with van der Waals surface area (Å²) in [6.07, 6.45) is 5.82. The Morgan fingerprint density at radius 1 is 1.24 bits per heavy atom. The fraction of sp³-hybridized carbons (Fsp3) is 0.250. The molecule has 3 N–H and O–H groups in total. The van der Waals surface area contributed by atoms with E-state index < -0.39 is 6.09 Å². The predicted octanol–water partition coefficient (Wildman–Crippen LogP) is 4.62. The van der Waals surface area contributed by atoms with Crippen LogP contribution in [0.5, 0.6) is 5.75 Å². The first kappa shape index (κ1) is 22.0. The zero-order valence-corrected chi connectivity index (χ0v) is 19.0. The largest absolute Gasteiger partial charge is 0.486 e. The fourth-order valence-corrected chi connectivity index (χ4v) is 4.62. The number of hydrogen-bond acceptors (Lipinski definition) is 6. The number of nitrogens with two attached hydrogens (primary N) is 1. The van der Waals surface area contributed by atoms with Gasteiger partial charge in [0.1, 0.15) is 30.1 Å². The highest BCUT2D eigenvalue weighted by atomic mass is 35.5. The highest BCUT2D eigenvalue weighted by molar-refractivity contribution is 6.32. The molecule has 0 radical (unpaired) electrons. The number of nitrogens with zero attached hydrogens (tertiary/aromatic N) is 5. The van der Waals surface area contributed by atoms with Crippen LogP contribution in [0.25, 0.3) is 22.2 Å². The summed E-state index contributed by atoms with van der Waals surface area (Å²) in [7, 11) is 0. The standard InChI is InChI=1S/C24H23ClN6O3/c25-19-10-15(6-7-20(19)34-13-16-4-1-2-8-27-16)18-12-31(23-21(18)22(26)28-14-29-23)17-5-3-9-30(11-17)24(32)33/h1-2,4,6-8,10,12,14,17H,3,5,9,11,13H2,(H,32,33)(H2,26,28,29)/t17-/m1/s1. The summed E-state index contributed by atoms with van der Waals surface area (Å²) in [5.74, 6) is 0.907. The molecule has 1 aliphatic heterocycles. The Balaban J connectivity index is 1.49. The van der Waals surface area contributed by atoms with E-state index in [9.17, 15) is 9.90 Å². The van der Waals surface area contributed by atoms with Crippen molar-refractivity contribution < 1.29 is 14.6 Å². The maximum atomic E-state index is 11.5. The van der Waals surface area contributed by atoms with Gasteiger partial charge in [0, 0.05) is 31.0 Å². The molecular weight excluding hydrogens is 456 g/mol. The highest BCUT2D eigenvalue weighted by Gasteiger charge is 2.27. The molecule has 4 aromatic rings. The summed E-state index contributed by atoms with van der Waals surface area (Å²) in [4.78, 5) is 25.9. The fourth-order valence-electron chi connectivity index (χ4n) is 4.38. The second-order valence-electron chi connectivity index (χ2n) is 8.19. The van der Waals surface area contributed by atoms with Crippen LogP contribution in [-0.4, -0.2) is 48.7 Å². The van der Waals surface area contributed by atoms with Gasteiger partial charge in [-0.15, -0.1) is 0 Å². The van der Waals surface area contributed by atoms with Crippen molar-refractivity contribution in [2.45, 2.75) is 25.5 Å². The van der Waals surface area contributed by atoms with Gasteiger partial charge in [-0.2, -0.15) is 0 Å². The lowest BCUT2D eigenvalue weighted by atomic mass is 10.1. The molecule has 5 rings (SSSR count). The van der Waals surface area contributed by atoms with Crippen molar-refractivity contribution in [3.05, 3.63) is 65.8 Å². The maximum Gasteiger partial charge on any atom is 0.407 e. The lowest BCUT2D eigenvalue weighted by Gasteiger charge is -2.31. The van der Waals surface area contributed by atoms with Crippen molar-refractivity contribution in [3.8, 4) is 16.9 Å². The molecule has 1 amide bonds. The number of benzene rings is 1. The summed E-state index contributed by atoms with van der Waals surface area (Å²) in [5.41, 5.74) is 9.41. The number of carboxylic acid groups (broad SMARTS) is 1. The summed E-state index contributed by atoms with van der Waals surface area (Å²) in [6.45, 7) is 1.23. The highest BCUT2D eigenvalue weighted by Crippen LogP contribution is 2.38. The molecule has 0 spiro atoms. The number of piperidine rings is 1. The number of aromatic nitrogens is 4. The smallest absolute Gasteiger partial charge is 0.407 e. The SMILES string of the molecule is Nc1ncnc2c1c(-c1ccc(OCc3ccccn3)c(Cl)c1)cn2[C@@H]1CCCN(C(=O)O)C1. The molecule has 0 saturated carbocycles. The Morgan fingerprint density at radius 3 is 2.88 bits per heavy atom. The summed E-state index contributed by atoms with van der Waals surface area (Å²) >= 11 is 6.56. The normalized spacial score (nSPS) is 16.0. The number of fused-ring (bicyclic) bond motifs is 1. The van der Waals surface area contributed by atoms with Crippen LogP contribution >= 0.6 is 11.6 Å². The van der Waals surface area contributed by atoms with E-state index in [0.717, 1.165) is 29.7 Å². The van der Waals surface area contributed by atoms with Gasteiger partial charge in [0.25, 0.3) is 0 Å². The molecule has 3 aromatic heterocycles. The number of nitrogen functional groups attached to an aromatic ring is 1. The summed E-state index contributed by atoms with van der Waals surface area (Å²) in [6, 6.07) is 11.1. The van der Waals surface area contributed by atoms with Crippen LogP contribution in [0.4, 0.5) is 10.6 Å². The first-order valence-corrected chi connectivity index (χ1v) is 11.3. The number of carbonyl (C=O) groups is 1. The van der Waals surface area contributed by atoms with Gasteiger partial charge in [-0.05, 0) is 42.7 Å². The minimum Gasteiger partial charge on any atom is -0.486 e. The second-order valence-corrected chi connectivity index (χ2v) is 8.59. The van der Waals surface area contributed by atoms with E-state index in [1.807, 2.05) is 47.2 Å². The van der Waals surface area contributed by atoms with E-state index in [1.165, 1.54) is 11.2 Å². The van der Waals surface area contributed by atoms with Crippen molar-refractivity contribution in [1.82, 2.24) is 24.4 Å². The summed E-state index contributed by atoms with van der Waals surface area (Å²) in [5, 5.41) is 10.6. The molecule has 1 aromatic carbocycles. The molecule has 1 saturated heterocycles. The monoisotopic (exact) mass is 478 g/mol. The van der Waals surface area contributed by atoms with E-state index in [4.69, 9.17) is 22.1 Å². The number of amides is 1. The van der Waals surface area contributed by atoms with E-state index in [0.29, 0.717) is 47.3 Å². The molecule has 0 unspecified atom stereocenters. The molecule has 4 heterocycles. The molecule has 0 aliphatic carbocycles. The third-order valence-electron chi connectivity index (χ3n) is 6.04. The molecule has 10 heteroatoms. The molecule has 1 atom stereocenters. The Kier molecular flexibility index (Phi) is 5.93. The molecule has 1 aliphatic rings. The van der Waals surface area contributed by atoms with E-state index in [1.54, 1.807) is 6.20 Å². The minimum atomic E-state index is -0.913. The van der Waals surface area contributed by atoms with E-state index >= 15 is 0 Å². The van der Waals surface area contributed by atoms with Gasteiger partial charge in [0.15, 0.2) is 0 Å². The van der Waals surface area contributed by atoms with Crippen LogP contribution < -0.4 is 10.5 Å². The van der Waals surface area contributed by atoms with Gasteiger partial charge in [0.05, 0.1) is 22.1 Å². The van der Waals surface area contributed by atoms with Gasteiger partial charge in [-0.3, -0.25) is 4.98 Å². The first-order valence-electron chi connectivity index (χ1n) is 10.9. The lowest BCUT2D eigenvalue weighted by molar-refractivity contribution is 0.122. The van der Waals surface area contributed by atoms with E-state index in [-0.39, 0.29) is 6.04 Å². The minimum absolute atomic E-state index is 0.0492.